The molecule has 4 aromatic heterocycles. The highest BCUT2D eigenvalue weighted by atomic mass is 16.3. The van der Waals surface area contributed by atoms with Crippen molar-refractivity contribution in [2.24, 2.45) is 7.05 Å². The number of hydrogen-bond acceptors (Lipinski definition) is 3. The number of furan rings is 1. The quantitative estimate of drug-likeness (QED) is 0.204. The fourth-order valence-electron chi connectivity index (χ4n) is 6.03. The van der Waals surface area contributed by atoms with Crippen LogP contribution < -0.4 is 4.57 Å². The molecule has 0 bridgehead atoms. The molecule has 0 unspecified atom stereocenters. The molecule has 0 aliphatic heterocycles. The number of fused-ring (bicyclic) bond motifs is 4. The molecule has 204 valence electrons. The van der Waals surface area contributed by atoms with Crippen LogP contribution in [0.15, 0.2) is 138 Å². The molecule has 0 aliphatic rings. The van der Waals surface area contributed by atoms with Crippen molar-refractivity contribution < 1.29 is 8.98 Å². The molecule has 0 radical (unpaired) electrons. The Labute approximate surface area is 249 Å². The largest absolute Gasteiger partial charge is 0.437 e. The molecule has 0 amide bonds. The number of benzene rings is 4. The summed E-state index contributed by atoms with van der Waals surface area (Å²) in [6, 6.07) is 44.1. The van der Waals surface area contributed by atoms with E-state index in [2.05, 4.69) is 128 Å². The number of aromatic nitrogens is 3. The van der Waals surface area contributed by atoms with E-state index in [1.807, 2.05) is 24.3 Å². The maximum atomic E-state index is 6.63. The van der Waals surface area contributed by atoms with Gasteiger partial charge in [-0.25, -0.2) is 14.5 Å². The van der Waals surface area contributed by atoms with Gasteiger partial charge in [-0.15, -0.1) is 0 Å². The molecule has 4 aromatic carbocycles. The molecule has 0 saturated heterocycles. The van der Waals surface area contributed by atoms with Gasteiger partial charge in [-0.05, 0) is 59.3 Å². The van der Waals surface area contributed by atoms with Crippen molar-refractivity contribution in [2.75, 3.05) is 0 Å². The van der Waals surface area contributed by atoms with Crippen LogP contribution in [0.3, 0.4) is 0 Å². The Morgan fingerprint density at radius 3 is 2.02 bits per heavy atom. The van der Waals surface area contributed by atoms with Gasteiger partial charge >= 0.3 is 0 Å². The lowest BCUT2D eigenvalue weighted by molar-refractivity contribution is -0.659. The zero-order valence-electron chi connectivity index (χ0n) is 24.0. The Bertz CT molecular complexity index is 2250. The molecule has 4 nitrogen and oxygen atoms in total. The first kappa shape index (κ1) is 25.1. The molecule has 8 aromatic rings. The van der Waals surface area contributed by atoms with Gasteiger partial charge in [0.25, 0.3) is 0 Å². The van der Waals surface area contributed by atoms with Crippen LogP contribution in [-0.4, -0.2) is 9.97 Å². The van der Waals surface area contributed by atoms with Gasteiger partial charge in [0.1, 0.15) is 7.05 Å². The van der Waals surface area contributed by atoms with Gasteiger partial charge < -0.3 is 4.42 Å². The van der Waals surface area contributed by atoms with Gasteiger partial charge in [0.15, 0.2) is 11.8 Å². The predicted molar refractivity (Wildman–Crippen MR) is 174 cm³/mol. The van der Waals surface area contributed by atoms with E-state index in [0.29, 0.717) is 5.71 Å². The van der Waals surface area contributed by atoms with Crippen molar-refractivity contribution >= 4 is 32.8 Å². The highest BCUT2D eigenvalue weighted by molar-refractivity contribution is 6.09. The molecule has 0 atom stereocenters. The van der Waals surface area contributed by atoms with E-state index in [1.54, 1.807) is 0 Å². The lowest BCUT2D eigenvalue weighted by Gasteiger charge is -2.10. The average Bonchev–Trinajstić information content (AvgIpc) is 3.43. The molecule has 0 saturated carbocycles. The van der Waals surface area contributed by atoms with E-state index in [-0.39, 0.29) is 0 Å². The van der Waals surface area contributed by atoms with Crippen molar-refractivity contribution in [1.29, 1.82) is 0 Å². The summed E-state index contributed by atoms with van der Waals surface area (Å²) in [5.74, 6) is 0. The Hall–Kier alpha value is -5.61. The lowest BCUT2D eigenvalue weighted by Crippen LogP contribution is -2.30. The Morgan fingerprint density at radius 1 is 0.558 bits per heavy atom. The third kappa shape index (κ3) is 4.36. The molecular weight excluding hydrogens is 526 g/mol. The van der Waals surface area contributed by atoms with Crippen LogP contribution in [0.1, 0.15) is 5.56 Å². The Balaban J connectivity index is 1.32. The molecule has 0 N–H and O–H groups in total. The minimum Gasteiger partial charge on any atom is -0.437 e. The van der Waals surface area contributed by atoms with E-state index < -0.39 is 0 Å². The summed E-state index contributed by atoms with van der Waals surface area (Å²) in [5, 5.41) is 4.45. The van der Waals surface area contributed by atoms with Crippen LogP contribution in [-0.2, 0) is 7.05 Å². The summed E-state index contributed by atoms with van der Waals surface area (Å²) in [5.41, 5.74) is 10.6. The van der Waals surface area contributed by atoms with Crippen molar-refractivity contribution in [3.63, 3.8) is 0 Å². The Kier molecular flexibility index (Phi) is 5.86. The van der Waals surface area contributed by atoms with E-state index in [1.165, 1.54) is 10.8 Å². The molecule has 0 aliphatic carbocycles. The van der Waals surface area contributed by atoms with Gasteiger partial charge in [0, 0.05) is 27.8 Å². The van der Waals surface area contributed by atoms with Crippen LogP contribution in [0.4, 0.5) is 0 Å². The van der Waals surface area contributed by atoms with Crippen LogP contribution in [0.25, 0.3) is 77.9 Å². The lowest BCUT2D eigenvalue weighted by atomic mass is 9.99. The first-order chi connectivity index (χ1) is 21.1. The summed E-state index contributed by atoms with van der Waals surface area (Å²) in [6.45, 7) is 2.14. The molecule has 0 fully saturated rings. The number of hydrogen-bond donors (Lipinski definition) is 0. The van der Waals surface area contributed by atoms with E-state index in [9.17, 15) is 0 Å². The normalized spacial score (nSPS) is 11.5. The SMILES string of the molecule is Cc1ccc2c(oc3nc(-c4cc(-c5ccccc5)cc(-c5ccccc5)n4)ccc32)c1-c1cc2ccccc2c[n+]1C. The number of aryl methyl sites for hydroxylation is 2. The molecule has 4 heteroatoms. The van der Waals surface area contributed by atoms with E-state index in [4.69, 9.17) is 14.4 Å². The maximum Gasteiger partial charge on any atom is 0.227 e. The second-order valence-corrected chi connectivity index (χ2v) is 11.0. The van der Waals surface area contributed by atoms with E-state index >= 15 is 0 Å². The number of nitrogens with zero attached hydrogens (tertiary/aromatic N) is 3. The van der Waals surface area contributed by atoms with Crippen LogP contribution >= 0.6 is 0 Å². The molecule has 4 heterocycles. The fraction of sp³-hybridized carbons (Fsp3) is 0.0513. The third-order valence-corrected chi connectivity index (χ3v) is 8.24. The smallest absolute Gasteiger partial charge is 0.227 e. The number of pyridine rings is 3. The van der Waals surface area contributed by atoms with Crippen molar-refractivity contribution in [3.8, 4) is 45.0 Å². The van der Waals surface area contributed by atoms with Gasteiger partial charge in [0.05, 0.1) is 22.6 Å². The monoisotopic (exact) mass is 554 g/mol. The molecule has 43 heavy (non-hydrogen) atoms. The Morgan fingerprint density at radius 2 is 1.23 bits per heavy atom. The highest BCUT2D eigenvalue weighted by Crippen LogP contribution is 2.38. The molecular formula is C39H28N3O+. The third-order valence-electron chi connectivity index (χ3n) is 8.24. The van der Waals surface area contributed by atoms with Crippen LogP contribution in [0, 0.1) is 6.92 Å². The van der Waals surface area contributed by atoms with Crippen LogP contribution in [0.5, 0.6) is 0 Å². The van der Waals surface area contributed by atoms with Crippen molar-refractivity contribution in [1.82, 2.24) is 9.97 Å². The van der Waals surface area contributed by atoms with Crippen molar-refractivity contribution in [3.05, 3.63) is 139 Å². The number of rotatable bonds is 4. The topological polar surface area (TPSA) is 42.8 Å². The predicted octanol–water partition coefficient (Wildman–Crippen LogP) is 9.33. The van der Waals surface area contributed by atoms with Gasteiger partial charge in [0.2, 0.25) is 11.4 Å². The highest BCUT2D eigenvalue weighted by Gasteiger charge is 2.22. The minimum absolute atomic E-state index is 0.607. The first-order valence-electron chi connectivity index (χ1n) is 14.5. The second-order valence-electron chi connectivity index (χ2n) is 11.0. The molecule has 8 rings (SSSR count). The van der Waals surface area contributed by atoms with Gasteiger partial charge in [-0.1, -0.05) is 91.0 Å². The van der Waals surface area contributed by atoms with Gasteiger partial charge in [-0.2, -0.15) is 0 Å². The minimum atomic E-state index is 0.607. The second kappa shape index (κ2) is 10.0. The fourth-order valence-corrected chi connectivity index (χ4v) is 6.03. The first-order valence-corrected chi connectivity index (χ1v) is 14.5. The summed E-state index contributed by atoms with van der Waals surface area (Å²) in [7, 11) is 2.09. The summed E-state index contributed by atoms with van der Waals surface area (Å²) in [6.07, 6.45) is 2.18. The standard InChI is InChI=1S/C39H28N3O/c1-25-17-18-31-32-19-20-33(35-22-30(26-11-5-3-6-12-26)21-34(40-35)27-13-7-4-8-14-27)41-39(32)43-38(31)37(25)36-23-28-15-9-10-16-29(28)24-42(36)2/h3-24H,1-2H3/q+1. The summed E-state index contributed by atoms with van der Waals surface area (Å²) in [4.78, 5) is 10.1. The molecule has 0 spiro atoms. The summed E-state index contributed by atoms with van der Waals surface area (Å²) >= 11 is 0. The summed E-state index contributed by atoms with van der Waals surface area (Å²) < 4.78 is 8.81. The zero-order chi connectivity index (χ0) is 28.9. The van der Waals surface area contributed by atoms with Gasteiger partial charge in [-0.3, -0.25) is 0 Å². The van der Waals surface area contributed by atoms with E-state index in [0.717, 1.165) is 66.9 Å². The van der Waals surface area contributed by atoms with Crippen molar-refractivity contribution in [2.45, 2.75) is 6.92 Å². The maximum absolute atomic E-state index is 6.63. The van der Waals surface area contributed by atoms with Crippen LogP contribution in [0.2, 0.25) is 0 Å². The average molecular weight is 555 g/mol. The zero-order valence-corrected chi connectivity index (χ0v) is 24.0.